The summed E-state index contributed by atoms with van der Waals surface area (Å²) in [6.45, 7) is 7.39. The molecule has 1 fully saturated rings. The van der Waals surface area contributed by atoms with Gasteiger partial charge >= 0.3 is 17.1 Å². The van der Waals surface area contributed by atoms with Crippen molar-refractivity contribution in [1.82, 2.24) is 4.90 Å². The number of thiol groups is 1. The van der Waals surface area contributed by atoms with Crippen LogP contribution in [0.5, 0.6) is 0 Å². The molecule has 0 N–H and O–H groups in total. The van der Waals surface area contributed by atoms with Gasteiger partial charge in [0.2, 0.25) is 0 Å². The van der Waals surface area contributed by atoms with E-state index in [0.717, 1.165) is 25.9 Å². The second-order valence-electron chi connectivity index (χ2n) is 8.16. The van der Waals surface area contributed by atoms with Gasteiger partial charge in [0.05, 0.1) is 10.7 Å². The highest BCUT2D eigenvalue weighted by Crippen LogP contribution is 2.30. The zero-order valence-corrected chi connectivity index (χ0v) is 20.4. The van der Waals surface area contributed by atoms with Crippen LogP contribution in [0.4, 0.5) is 4.79 Å². The quantitative estimate of drug-likeness (QED) is 0.367. The third-order valence-corrected chi connectivity index (χ3v) is 6.72. The molecule has 0 spiro atoms. The van der Waals surface area contributed by atoms with Crippen LogP contribution in [0.3, 0.4) is 0 Å². The molecule has 0 saturated carbocycles. The smallest absolute Gasteiger partial charge is 0.464 e. The number of Topliss-reactive ketones (excluding diaryl/α,β-unsaturated/α-hetero) is 1. The van der Waals surface area contributed by atoms with Gasteiger partial charge in [-0.05, 0) is 58.5 Å². The third kappa shape index (κ3) is 8.32. The minimum Gasteiger partial charge on any atom is -0.464 e. The molecule has 0 aliphatic carbocycles. The molecule has 0 amide bonds. The summed E-state index contributed by atoms with van der Waals surface area (Å²) in [6.07, 6.45) is 3.47. The topological polar surface area (TPSA) is 116 Å². The van der Waals surface area contributed by atoms with Crippen molar-refractivity contribution >= 4 is 41.4 Å². The maximum Gasteiger partial charge on any atom is 0.519 e. The summed E-state index contributed by atoms with van der Waals surface area (Å²) >= 11 is 4.90. The molecular weight excluding hydrogens is 458 g/mol. The van der Waals surface area contributed by atoms with Crippen LogP contribution in [0.25, 0.3) is 0 Å². The van der Waals surface area contributed by atoms with E-state index in [1.807, 2.05) is 0 Å². The summed E-state index contributed by atoms with van der Waals surface area (Å²) in [4.78, 5) is 50.6. The lowest BCUT2D eigenvalue weighted by atomic mass is 9.97. The van der Waals surface area contributed by atoms with Crippen molar-refractivity contribution in [3.8, 4) is 0 Å². The fraction of sp³-hybridized carbons (Fsp3) is 0.714. The molecule has 0 bridgehead atoms. The molecule has 2 rings (SSSR count). The highest BCUT2D eigenvalue weighted by molar-refractivity contribution is 8.15. The van der Waals surface area contributed by atoms with Gasteiger partial charge < -0.3 is 18.3 Å². The van der Waals surface area contributed by atoms with Crippen molar-refractivity contribution in [2.75, 3.05) is 32.0 Å². The van der Waals surface area contributed by atoms with Crippen LogP contribution < -0.4 is 5.82 Å². The van der Waals surface area contributed by atoms with E-state index in [2.05, 4.69) is 17.5 Å². The third-order valence-electron chi connectivity index (χ3n) is 5.25. The lowest BCUT2D eigenvalue weighted by Crippen LogP contribution is -2.36. The zero-order chi connectivity index (χ0) is 23.7. The maximum atomic E-state index is 12.8. The fourth-order valence-corrected chi connectivity index (χ4v) is 4.20. The molecule has 180 valence electrons. The Labute approximate surface area is 197 Å². The molecule has 2 heterocycles. The Kier molecular flexibility index (Phi) is 10.4. The van der Waals surface area contributed by atoms with Crippen LogP contribution in [0.15, 0.2) is 13.6 Å². The molecule has 0 radical (unpaired) electrons. The average molecular weight is 490 g/mol. The second-order valence-corrected chi connectivity index (χ2v) is 10.1. The van der Waals surface area contributed by atoms with E-state index >= 15 is 0 Å². The summed E-state index contributed by atoms with van der Waals surface area (Å²) in [6, 6.07) is 0. The van der Waals surface area contributed by atoms with Crippen molar-refractivity contribution < 1.29 is 32.7 Å². The predicted octanol–water partition coefficient (Wildman–Crippen LogP) is 3.22. The number of aryl methyl sites for hydroxylation is 1. The van der Waals surface area contributed by atoms with Gasteiger partial charge in [-0.1, -0.05) is 6.42 Å². The number of piperidine rings is 1. The highest BCUT2D eigenvalue weighted by Gasteiger charge is 2.35. The van der Waals surface area contributed by atoms with E-state index in [-0.39, 0.29) is 42.7 Å². The predicted molar refractivity (Wildman–Crippen MR) is 122 cm³/mol. The van der Waals surface area contributed by atoms with Crippen LogP contribution in [-0.2, 0) is 25.7 Å². The molecule has 1 aliphatic rings. The zero-order valence-electron chi connectivity index (χ0n) is 18.7. The Morgan fingerprint density at radius 1 is 1.16 bits per heavy atom. The number of carbonyl (C=O) groups is 3. The summed E-state index contributed by atoms with van der Waals surface area (Å²) in [5.41, 5.74) is 0. The van der Waals surface area contributed by atoms with Gasteiger partial charge in [-0.25, -0.2) is 9.59 Å². The van der Waals surface area contributed by atoms with Crippen molar-refractivity contribution in [2.45, 2.75) is 57.8 Å². The molecular formula is C21H31NO8S2. The standard InChI is InChI=1S/C21H31NO8S2/c1-14-16(30-19(25)29-14)12-28-20(26)32-21(2,3)17(23)11-15(13-31)18(24)27-10-9-22-7-5-4-6-8-22/h15,31H,4-13H2,1-3H3/t15-/m0/s1. The van der Waals surface area contributed by atoms with Crippen molar-refractivity contribution in [2.24, 2.45) is 5.92 Å². The molecule has 1 saturated heterocycles. The van der Waals surface area contributed by atoms with Gasteiger partial charge in [-0.15, -0.1) is 0 Å². The molecule has 0 aromatic carbocycles. The molecule has 1 atom stereocenters. The Hall–Kier alpha value is -1.72. The number of carbonyl (C=O) groups excluding carboxylic acids is 3. The van der Waals surface area contributed by atoms with Gasteiger partial charge in [0.25, 0.3) is 0 Å². The van der Waals surface area contributed by atoms with E-state index in [1.165, 1.54) is 13.3 Å². The fourth-order valence-electron chi connectivity index (χ4n) is 3.19. The first kappa shape index (κ1) is 26.5. The number of ketones is 1. The van der Waals surface area contributed by atoms with E-state index in [9.17, 15) is 19.2 Å². The van der Waals surface area contributed by atoms with Crippen molar-refractivity contribution in [1.29, 1.82) is 0 Å². The van der Waals surface area contributed by atoms with Gasteiger partial charge in [0.1, 0.15) is 12.4 Å². The minimum atomic E-state index is -1.13. The minimum absolute atomic E-state index is 0.0883. The van der Waals surface area contributed by atoms with Crippen LogP contribution in [0.1, 0.15) is 51.1 Å². The van der Waals surface area contributed by atoms with Crippen LogP contribution in [-0.4, -0.2) is 58.7 Å². The van der Waals surface area contributed by atoms with Gasteiger partial charge in [-0.3, -0.25) is 14.5 Å². The molecule has 9 nitrogen and oxygen atoms in total. The number of rotatable bonds is 11. The lowest BCUT2D eigenvalue weighted by Gasteiger charge is -2.26. The number of likely N-dealkylation sites (tertiary alicyclic amines) is 1. The van der Waals surface area contributed by atoms with Gasteiger partial charge in [0.15, 0.2) is 18.1 Å². The first-order chi connectivity index (χ1) is 15.1. The molecule has 0 unspecified atom stereocenters. The van der Waals surface area contributed by atoms with Gasteiger partial charge in [-0.2, -0.15) is 12.6 Å². The molecule has 1 aromatic heterocycles. The summed E-state index contributed by atoms with van der Waals surface area (Å²) < 4.78 is 18.8. The first-order valence-corrected chi connectivity index (χ1v) is 12.1. The van der Waals surface area contributed by atoms with Gasteiger partial charge in [0, 0.05) is 18.7 Å². The number of hydrogen-bond acceptors (Lipinski definition) is 11. The van der Waals surface area contributed by atoms with Crippen LogP contribution in [0.2, 0.25) is 0 Å². The highest BCUT2D eigenvalue weighted by atomic mass is 32.2. The van der Waals surface area contributed by atoms with Crippen LogP contribution in [0, 0.1) is 12.8 Å². The number of ether oxygens (including phenoxy) is 2. The Balaban J connectivity index is 1.78. The lowest BCUT2D eigenvalue weighted by molar-refractivity contribution is -0.149. The summed E-state index contributed by atoms with van der Waals surface area (Å²) in [5.74, 6) is -1.83. The monoisotopic (exact) mass is 489 g/mol. The van der Waals surface area contributed by atoms with Crippen molar-refractivity contribution in [3.05, 3.63) is 22.1 Å². The molecule has 1 aliphatic heterocycles. The Morgan fingerprint density at radius 2 is 1.84 bits per heavy atom. The molecule has 11 heteroatoms. The Bertz CT molecular complexity index is 841. The second kappa shape index (κ2) is 12.5. The van der Waals surface area contributed by atoms with E-state index < -0.39 is 27.8 Å². The summed E-state index contributed by atoms with van der Waals surface area (Å²) in [7, 11) is 0. The van der Waals surface area contributed by atoms with Crippen LogP contribution >= 0.6 is 24.4 Å². The number of hydrogen-bond donors (Lipinski definition) is 1. The van der Waals surface area contributed by atoms with Crippen molar-refractivity contribution in [3.63, 3.8) is 0 Å². The summed E-state index contributed by atoms with van der Waals surface area (Å²) in [5, 5.41) is -0.710. The molecule has 1 aromatic rings. The number of thioether (sulfide) groups is 1. The average Bonchev–Trinajstić information content (AvgIpc) is 3.07. The Morgan fingerprint density at radius 3 is 2.44 bits per heavy atom. The normalized spacial score (nSPS) is 15.9. The molecule has 32 heavy (non-hydrogen) atoms. The maximum absolute atomic E-state index is 12.8. The van der Waals surface area contributed by atoms with E-state index in [1.54, 1.807) is 13.8 Å². The largest absolute Gasteiger partial charge is 0.519 e. The number of nitrogens with zero attached hydrogens (tertiary/aromatic N) is 1. The van der Waals surface area contributed by atoms with E-state index in [4.69, 9.17) is 18.3 Å². The first-order valence-electron chi connectivity index (χ1n) is 10.6. The SMILES string of the molecule is Cc1oc(=O)oc1COC(=O)SC(C)(C)C(=O)C[C@@H](CS)C(=O)OCCN1CCCCC1. The number of esters is 1. The van der Waals surface area contributed by atoms with E-state index in [0.29, 0.717) is 18.3 Å².